The van der Waals surface area contributed by atoms with Gasteiger partial charge in [-0.15, -0.1) is 10.2 Å². The van der Waals surface area contributed by atoms with E-state index in [1.165, 1.54) is 7.05 Å². The second-order valence-electron chi connectivity index (χ2n) is 7.62. The SMILES string of the molecule is Cc1c(OC(F)(F)C(F)C(F)(F)F)nn(C)c1C=O.Cn1nc(OC(F)(F)C(F)C(F)(F)F)c(C(F)(F)F)c1/C=N/O. The molecule has 9 nitrogen and oxygen atoms in total. The number of nitrogens with zero attached hydrogens (tertiary/aromatic N) is 5. The number of carbonyl (C=O) groups is 1. The standard InChI is InChI=1S/C9H6F9N3O2.C9H8F6N2O2/c1-21-3(2-19-22)4(7(11,12)13)5(20-21)23-9(17,18)6(10)8(14,15)16;1-4-5(3-18)17(2)16-6(4)19-9(14,15)7(10)8(11,12)13/h2,6,22H,1H3;3,7H,1-2H3/b19-2+;. The van der Waals surface area contributed by atoms with Crippen LogP contribution >= 0.6 is 0 Å². The van der Waals surface area contributed by atoms with Gasteiger partial charge in [0.1, 0.15) is 11.3 Å². The van der Waals surface area contributed by atoms with Crippen LogP contribution in [-0.2, 0) is 20.3 Å². The Morgan fingerprint density at radius 1 is 0.762 bits per heavy atom. The van der Waals surface area contributed by atoms with Crippen LogP contribution in [0.2, 0.25) is 0 Å². The summed E-state index contributed by atoms with van der Waals surface area (Å²) in [6.07, 6.45) is -37.1. The molecule has 1 N–H and O–H groups in total. The highest BCUT2D eigenvalue weighted by Gasteiger charge is 2.61. The van der Waals surface area contributed by atoms with E-state index in [-0.39, 0.29) is 28.4 Å². The summed E-state index contributed by atoms with van der Waals surface area (Å²) in [6.45, 7) is 1.13. The van der Waals surface area contributed by atoms with Gasteiger partial charge in [-0.1, -0.05) is 5.16 Å². The van der Waals surface area contributed by atoms with E-state index in [0.29, 0.717) is 0 Å². The number of oxime groups is 1. The molecule has 0 fully saturated rings. The van der Waals surface area contributed by atoms with E-state index in [2.05, 4.69) is 24.8 Å². The van der Waals surface area contributed by atoms with E-state index < -0.39 is 66.1 Å². The summed E-state index contributed by atoms with van der Waals surface area (Å²) in [5, 5.41) is 16.6. The molecule has 42 heavy (non-hydrogen) atoms. The molecule has 0 aliphatic heterocycles. The van der Waals surface area contributed by atoms with Gasteiger partial charge in [0.05, 0.1) is 11.9 Å². The van der Waals surface area contributed by atoms with Crippen molar-refractivity contribution in [3.8, 4) is 11.8 Å². The summed E-state index contributed by atoms with van der Waals surface area (Å²) in [4.78, 5) is 10.6. The molecule has 0 radical (unpaired) electrons. The van der Waals surface area contributed by atoms with Crippen molar-refractivity contribution in [3.05, 3.63) is 22.5 Å². The fourth-order valence-electron chi connectivity index (χ4n) is 2.67. The zero-order chi connectivity index (χ0) is 33.2. The van der Waals surface area contributed by atoms with Crippen LogP contribution in [0.4, 0.5) is 65.9 Å². The number of aryl methyl sites for hydroxylation is 2. The van der Waals surface area contributed by atoms with E-state index >= 15 is 0 Å². The highest BCUT2D eigenvalue weighted by atomic mass is 19.4. The van der Waals surface area contributed by atoms with E-state index in [0.717, 1.165) is 18.7 Å². The molecule has 0 aliphatic rings. The first-order valence-electron chi connectivity index (χ1n) is 10.1. The summed E-state index contributed by atoms with van der Waals surface area (Å²) in [5.41, 5.74) is -3.56. The molecule has 0 spiro atoms. The minimum absolute atomic E-state index is 0.136. The van der Waals surface area contributed by atoms with Gasteiger partial charge in [0.25, 0.3) is 18.2 Å². The predicted octanol–water partition coefficient (Wildman–Crippen LogP) is 5.53. The predicted molar refractivity (Wildman–Crippen MR) is 104 cm³/mol. The van der Waals surface area contributed by atoms with Gasteiger partial charge in [0, 0.05) is 19.7 Å². The highest BCUT2D eigenvalue weighted by Crippen LogP contribution is 2.42. The summed E-state index contributed by atoms with van der Waals surface area (Å²) >= 11 is 0. The molecule has 2 aromatic heterocycles. The van der Waals surface area contributed by atoms with Crippen molar-refractivity contribution in [1.29, 1.82) is 0 Å². The molecule has 0 aliphatic carbocycles. The van der Waals surface area contributed by atoms with Crippen molar-refractivity contribution < 1.29 is 85.3 Å². The largest absolute Gasteiger partial charge is 0.440 e. The van der Waals surface area contributed by atoms with Crippen LogP contribution in [0.1, 0.15) is 27.3 Å². The molecule has 24 heteroatoms. The molecular weight excluding hydrogens is 635 g/mol. The van der Waals surface area contributed by atoms with Gasteiger partial charge in [0.2, 0.25) is 5.88 Å². The summed E-state index contributed by atoms with van der Waals surface area (Å²) in [5.74, 6) is -2.95. The average Bonchev–Trinajstić information content (AvgIpc) is 3.25. The van der Waals surface area contributed by atoms with Gasteiger partial charge >= 0.3 is 30.7 Å². The van der Waals surface area contributed by atoms with Gasteiger partial charge in [0.15, 0.2) is 6.29 Å². The Morgan fingerprint density at radius 2 is 1.14 bits per heavy atom. The second-order valence-corrected chi connectivity index (χ2v) is 7.62. The van der Waals surface area contributed by atoms with Crippen molar-refractivity contribution in [2.24, 2.45) is 19.3 Å². The number of hydrogen-bond donors (Lipinski definition) is 1. The Morgan fingerprint density at radius 3 is 1.48 bits per heavy atom. The molecule has 2 unspecified atom stereocenters. The van der Waals surface area contributed by atoms with E-state index in [1.807, 2.05) is 0 Å². The third kappa shape index (κ3) is 8.33. The Bertz CT molecular complexity index is 1260. The first-order chi connectivity index (χ1) is 18.7. The topological polar surface area (TPSA) is 104 Å². The molecule has 2 rings (SSSR count). The van der Waals surface area contributed by atoms with E-state index in [4.69, 9.17) is 5.21 Å². The summed E-state index contributed by atoms with van der Waals surface area (Å²) in [6, 6.07) is 0. The zero-order valence-corrected chi connectivity index (χ0v) is 20.4. The Balaban J connectivity index is 0.000000428. The number of aromatic nitrogens is 4. The highest BCUT2D eigenvalue weighted by molar-refractivity contribution is 5.80. The van der Waals surface area contributed by atoms with Crippen LogP contribution < -0.4 is 9.47 Å². The third-order valence-corrected chi connectivity index (χ3v) is 4.56. The van der Waals surface area contributed by atoms with E-state index in [1.54, 1.807) is 0 Å². The van der Waals surface area contributed by atoms with E-state index in [9.17, 15) is 70.7 Å². The number of halogens is 15. The number of hydrogen-bond acceptors (Lipinski definition) is 7. The average molecular weight is 649 g/mol. The molecule has 0 saturated carbocycles. The van der Waals surface area contributed by atoms with Gasteiger partial charge in [-0.3, -0.25) is 14.2 Å². The van der Waals surface area contributed by atoms with Crippen molar-refractivity contribution in [1.82, 2.24) is 19.6 Å². The van der Waals surface area contributed by atoms with Gasteiger partial charge < -0.3 is 14.7 Å². The smallest absolute Gasteiger partial charge is 0.411 e. The zero-order valence-electron chi connectivity index (χ0n) is 20.4. The summed E-state index contributed by atoms with van der Waals surface area (Å²) < 4.78 is 195. The molecule has 2 aromatic rings. The number of ether oxygens (including phenoxy) is 2. The first-order valence-corrected chi connectivity index (χ1v) is 10.1. The maximum Gasteiger partial charge on any atom is 0.440 e. The maximum atomic E-state index is 13.1. The van der Waals surface area contributed by atoms with Gasteiger partial charge in [-0.05, 0) is 6.92 Å². The van der Waals surface area contributed by atoms with Crippen LogP contribution in [0.5, 0.6) is 11.8 Å². The molecular formula is C18H14F15N5O4. The Kier molecular flexibility index (Phi) is 10.5. The van der Waals surface area contributed by atoms with Crippen LogP contribution in [0.3, 0.4) is 0 Å². The number of aldehydes is 1. The minimum Gasteiger partial charge on any atom is -0.411 e. The lowest BCUT2D eigenvalue weighted by atomic mass is 10.2. The minimum atomic E-state index is -6.08. The second kappa shape index (κ2) is 12.1. The monoisotopic (exact) mass is 649 g/mol. The third-order valence-electron chi connectivity index (χ3n) is 4.56. The van der Waals surface area contributed by atoms with Crippen molar-refractivity contribution in [2.45, 2.75) is 50.0 Å². The van der Waals surface area contributed by atoms with Gasteiger partial charge in [-0.2, -0.15) is 57.1 Å². The quantitative estimate of drug-likeness (QED) is 0.133. The van der Waals surface area contributed by atoms with Crippen molar-refractivity contribution >= 4 is 12.5 Å². The fraction of sp³-hybridized carbons (Fsp3) is 0.556. The van der Waals surface area contributed by atoms with Crippen molar-refractivity contribution in [2.75, 3.05) is 0 Å². The van der Waals surface area contributed by atoms with Crippen molar-refractivity contribution in [3.63, 3.8) is 0 Å². The fourth-order valence-corrected chi connectivity index (χ4v) is 2.67. The first kappa shape index (κ1) is 36.1. The molecule has 2 heterocycles. The Labute approximate surface area is 222 Å². The number of alkyl halides is 15. The number of rotatable bonds is 8. The molecule has 0 aromatic carbocycles. The van der Waals surface area contributed by atoms with Gasteiger partial charge in [-0.25, -0.2) is 8.78 Å². The van der Waals surface area contributed by atoms with Crippen LogP contribution in [0.15, 0.2) is 5.16 Å². The van der Waals surface area contributed by atoms with Crippen LogP contribution in [0.25, 0.3) is 0 Å². The maximum absolute atomic E-state index is 13.1. The summed E-state index contributed by atoms with van der Waals surface area (Å²) in [7, 11) is 1.96. The molecule has 0 saturated heterocycles. The lowest BCUT2D eigenvalue weighted by molar-refractivity contribution is -0.307. The molecule has 2 atom stereocenters. The molecule has 0 amide bonds. The lowest BCUT2D eigenvalue weighted by Crippen LogP contribution is -2.46. The van der Waals surface area contributed by atoms with Crippen LogP contribution in [0, 0.1) is 6.92 Å². The number of carbonyl (C=O) groups excluding carboxylic acids is 1. The van der Waals surface area contributed by atoms with Crippen LogP contribution in [-0.4, -0.2) is 74.2 Å². The normalized spacial score (nSPS) is 14.8. The Hall–Kier alpha value is -3.89. The molecule has 240 valence electrons. The molecule has 0 bridgehead atoms. The lowest BCUT2D eigenvalue weighted by Gasteiger charge is -2.22.